The summed E-state index contributed by atoms with van der Waals surface area (Å²) in [5.74, 6) is 0. The van der Waals surface area contributed by atoms with Crippen molar-refractivity contribution in [2.45, 2.75) is 48.6 Å². The monoisotopic (exact) mass is 430 g/mol. The molecule has 0 aliphatic carbocycles. The van der Waals surface area contributed by atoms with Gasteiger partial charge in [0.1, 0.15) is 5.60 Å². The molecule has 29 heavy (non-hydrogen) atoms. The molecule has 4 nitrogen and oxygen atoms in total. The van der Waals surface area contributed by atoms with Gasteiger partial charge in [-0.1, -0.05) is 41.6 Å². The van der Waals surface area contributed by atoms with E-state index in [2.05, 4.69) is 41.3 Å². The van der Waals surface area contributed by atoms with Crippen molar-refractivity contribution in [1.82, 2.24) is 9.80 Å². The van der Waals surface area contributed by atoms with Crippen LogP contribution in [0.4, 0.5) is 4.79 Å². The number of hydrogen-bond donors (Lipinski definition) is 0. The Labute approximate surface area is 182 Å². The highest BCUT2D eigenvalue weighted by molar-refractivity contribution is 7.99. The molecule has 1 amide bonds. The number of hydrogen-bond acceptors (Lipinski definition) is 4. The van der Waals surface area contributed by atoms with Crippen LogP contribution in [0.3, 0.4) is 0 Å². The fourth-order valence-electron chi connectivity index (χ4n) is 3.95. The lowest BCUT2D eigenvalue weighted by molar-refractivity contribution is 0.0100. The zero-order valence-electron chi connectivity index (χ0n) is 17.2. The summed E-state index contributed by atoms with van der Waals surface area (Å²) in [5.41, 5.74) is 2.18. The number of ether oxygens (including phenoxy) is 1. The molecule has 1 fully saturated rings. The Hall–Kier alpha value is -1.69. The second kappa shape index (κ2) is 8.21. The first-order chi connectivity index (χ1) is 13.8. The van der Waals surface area contributed by atoms with E-state index in [1.54, 1.807) is 0 Å². The van der Waals surface area contributed by atoms with Gasteiger partial charge < -0.3 is 9.64 Å². The minimum Gasteiger partial charge on any atom is -0.444 e. The Morgan fingerprint density at radius 1 is 1.07 bits per heavy atom. The maximum Gasteiger partial charge on any atom is 0.410 e. The van der Waals surface area contributed by atoms with Crippen LogP contribution in [0.2, 0.25) is 5.02 Å². The number of rotatable bonds is 1. The molecule has 2 aliphatic heterocycles. The average molecular weight is 431 g/mol. The minimum atomic E-state index is -0.466. The van der Waals surface area contributed by atoms with E-state index in [-0.39, 0.29) is 12.1 Å². The summed E-state index contributed by atoms with van der Waals surface area (Å²) in [6.45, 7) is 8.71. The molecule has 0 N–H and O–H groups in total. The number of fused-ring (bicyclic) bond motifs is 2. The third-order valence-corrected chi connectivity index (χ3v) is 6.79. The van der Waals surface area contributed by atoms with E-state index in [1.165, 1.54) is 20.9 Å². The number of halogens is 1. The number of benzene rings is 2. The van der Waals surface area contributed by atoms with E-state index >= 15 is 0 Å². The van der Waals surface area contributed by atoms with Gasteiger partial charge >= 0.3 is 6.09 Å². The Bertz CT molecular complexity index is 904. The van der Waals surface area contributed by atoms with Crippen LogP contribution >= 0.6 is 23.4 Å². The lowest BCUT2D eigenvalue weighted by Crippen LogP contribution is -2.51. The van der Waals surface area contributed by atoms with Crippen molar-refractivity contribution in [3.63, 3.8) is 0 Å². The molecule has 0 radical (unpaired) electrons. The third kappa shape index (κ3) is 4.73. The molecule has 0 aromatic heterocycles. The molecule has 154 valence electrons. The van der Waals surface area contributed by atoms with E-state index in [1.807, 2.05) is 43.5 Å². The van der Waals surface area contributed by atoms with Gasteiger partial charge in [0.25, 0.3) is 0 Å². The Kier molecular flexibility index (Phi) is 5.83. The summed E-state index contributed by atoms with van der Waals surface area (Å²) in [6, 6.07) is 15.1. The van der Waals surface area contributed by atoms with Gasteiger partial charge in [0.2, 0.25) is 0 Å². The van der Waals surface area contributed by atoms with Crippen LogP contribution in [-0.2, 0) is 11.2 Å². The van der Waals surface area contributed by atoms with E-state index in [0.29, 0.717) is 13.1 Å². The van der Waals surface area contributed by atoms with E-state index in [4.69, 9.17) is 16.3 Å². The van der Waals surface area contributed by atoms with Gasteiger partial charge in [0.05, 0.1) is 0 Å². The topological polar surface area (TPSA) is 32.8 Å². The van der Waals surface area contributed by atoms with Crippen LogP contribution in [0.5, 0.6) is 0 Å². The van der Waals surface area contributed by atoms with Gasteiger partial charge in [-0.2, -0.15) is 0 Å². The van der Waals surface area contributed by atoms with Crippen molar-refractivity contribution in [3.05, 3.63) is 58.6 Å². The van der Waals surface area contributed by atoms with Gasteiger partial charge in [-0.3, -0.25) is 4.90 Å². The molecular formula is C23H27ClN2O2S. The SMILES string of the molecule is CC(C)(C)OC(=O)N1CCN(C2Cc3ccccc3Sc3ccc(Cl)cc32)CC1. The fraction of sp³-hybridized carbons (Fsp3) is 0.435. The summed E-state index contributed by atoms with van der Waals surface area (Å²) >= 11 is 8.20. The molecular weight excluding hydrogens is 404 g/mol. The summed E-state index contributed by atoms with van der Waals surface area (Å²) in [6.07, 6.45) is 0.727. The first kappa shape index (κ1) is 20.6. The highest BCUT2D eigenvalue weighted by Gasteiger charge is 2.32. The summed E-state index contributed by atoms with van der Waals surface area (Å²) in [4.78, 5) is 19.3. The second-order valence-corrected chi connectivity index (χ2v) is 10.1. The van der Waals surface area contributed by atoms with Crippen molar-refractivity contribution >= 4 is 29.5 Å². The Morgan fingerprint density at radius 2 is 1.79 bits per heavy atom. The number of carbonyl (C=O) groups is 1. The van der Waals surface area contributed by atoms with Crippen LogP contribution < -0.4 is 0 Å². The van der Waals surface area contributed by atoms with E-state index < -0.39 is 5.60 Å². The van der Waals surface area contributed by atoms with Crippen molar-refractivity contribution in [1.29, 1.82) is 0 Å². The molecule has 1 saturated heterocycles. The van der Waals surface area contributed by atoms with Gasteiger partial charge in [-0.05, 0) is 62.6 Å². The minimum absolute atomic E-state index is 0.220. The zero-order chi connectivity index (χ0) is 20.6. The normalized spacial score (nSPS) is 19.9. The predicted octanol–water partition coefficient (Wildman–Crippen LogP) is 5.64. The molecule has 1 unspecified atom stereocenters. The first-order valence-electron chi connectivity index (χ1n) is 10.1. The fourth-order valence-corrected chi connectivity index (χ4v) is 5.25. The van der Waals surface area contributed by atoms with Crippen LogP contribution in [0.25, 0.3) is 0 Å². The van der Waals surface area contributed by atoms with Crippen LogP contribution in [0.15, 0.2) is 52.3 Å². The lowest BCUT2D eigenvalue weighted by atomic mass is 9.96. The Balaban J connectivity index is 1.55. The molecule has 0 saturated carbocycles. The molecule has 0 bridgehead atoms. The third-order valence-electron chi connectivity index (χ3n) is 5.34. The smallest absolute Gasteiger partial charge is 0.410 e. The van der Waals surface area contributed by atoms with Gasteiger partial charge in [0.15, 0.2) is 0 Å². The van der Waals surface area contributed by atoms with Crippen molar-refractivity contribution in [3.8, 4) is 0 Å². The molecule has 2 heterocycles. The van der Waals surface area contributed by atoms with Gasteiger partial charge in [0, 0.05) is 47.0 Å². The number of carbonyl (C=O) groups excluding carboxylic acids is 1. The molecule has 6 heteroatoms. The molecule has 2 aromatic rings. The maximum atomic E-state index is 12.4. The van der Waals surface area contributed by atoms with Crippen LogP contribution in [-0.4, -0.2) is 47.7 Å². The quantitative estimate of drug-likeness (QED) is 0.586. The highest BCUT2D eigenvalue weighted by Crippen LogP contribution is 2.43. The molecule has 4 rings (SSSR count). The van der Waals surface area contributed by atoms with Crippen LogP contribution in [0.1, 0.15) is 37.9 Å². The van der Waals surface area contributed by atoms with Gasteiger partial charge in [-0.25, -0.2) is 4.79 Å². The molecule has 2 aliphatic rings. The van der Waals surface area contributed by atoms with Crippen molar-refractivity contribution in [2.75, 3.05) is 26.2 Å². The number of amides is 1. The molecule has 1 atom stereocenters. The molecule has 2 aromatic carbocycles. The second-order valence-electron chi connectivity index (χ2n) is 8.62. The number of piperazine rings is 1. The zero-order valence-corrected chi connectivity index (χ0v) is 18.7. The largest absolute Gasteiger partial charge is 0.444 e. The van der Waals surface area contributed by atoms with Crippen LogP contribution in [0, 0.1) is 0 Å². The summed E-state index contributed by atoms with van der Waals surface area (Å²) in [5, 5.41) is 0.771. The predicted molar refractivity (Wildman–Crippen MR) is 118 cm³/mol. The van der Waals surface area contributed by atoms with E-state index in [9.17, 15) is 4.79 Å². The van der Waals surface area contributed by atoms with Gasteiger partial charge in [-0.15, -0.1) is 0 Å². The lowest BCUT2D eigenvalue weighted by Gasteiger charge is -2.40. The van der Waals surface area contributed by atoms with Crippen molar-refractivity contribution < 1.29 is 9.53 Å². The highest BCUT2D eigenvalue weighted by atomic mass is 35.5. The standard InChI is InChI=1S/C23H27ClN2O2S/c1-23(2,3)28-22(27)26-12-10-25(11-13-26)19-14-16-6-4-5-7-20(16)29-21-9-8-17(24)15-18(19)21/h4-9,15,19H,10-14H2,1-3H3. The van der Waals surface area contributed by atoms with Crippen molar-refractivity contribution in [2.24, 2.45) is 0 Å². The number of nitrogens with zero attached hydrogens (tertiary/aromatic N) is 2. The Morgan fingerprint density at radius 3 is 2.52 bits per heavy atom. The maximum absolute atomic E-state index is 12.4. The first-order valence-corrected chi connectivity index (χ1v) is 11.3. The molecule has 0 spiro atoms. The van der Waals surface area contributed by atoms with E-state index in [0.717, 1.165) is 24.5 Å². The summed E-state index contributed by atoms with van der Waals surface area (Å²) < 4.78 is 5.54. The summed E-state index contributed by atoms with van der Waals surface area (Å²) in [7, 11) is 0. The average Bonchev–Trinajstić information content (AvgIpc) is 2.83.